The first-order valence-corrected chi connectivity index (χ1v) is 15.3. The molecule has 1 aliphatic heterocycles. The van der Waals surface area contributed by atoms with Crippen LogP contribution in [0.2, 0.25) is 5.02 Å². The Morgan fingerprint density at radius 3 is 2.80 bits per heavy atom. The standard InChI is InChI=1S/C28H29ClN8O2S/c1-2-18-12-20(13-21-14-31-28(35-26(18)21)34-22-7-5-11-30-15-22)24-9-10-25-27(32-17-33-37(24)25)36-40(38,39)16-19-6-3-4-8-23(19)29/h3-4,6,8-10,12-14,17,22,30H,2,5,7,11,15-16H2,1H3,(H,31,34,35)(H,32,33,36)/t22-/m0/s1. The summed E-state index contributed by atoms with van der Waals surface area (Å²) < 4.78 is 30.2. The summed E-state index contributed by atoms with van der Waals surface area (Å²) in [6.45, 7) is 4.06. The molecule has 2 aromatic carbocycles. The Hall–Kier alpha value is -3.80. The van der Waals surface area contributed by atoms with Crippen molar-refractivity contribution in [2.24, 2.45) is 0 Å². The summed E-state index contributed by atoms with van der Waals surface area (Å²) >= 11 is 6.18. The van der Waals surface area contributed by atoms with E-state index in [0.29, 0.717) is 28.1 Å². The molecule has 1 aliphatic rings. The molecule has 5 aromatic rings. The van der Waals surface area contributed by atoms with E-state index in [-0.39, 0.29) is 11.6 Å². The van der Waals surface area contributed by atoms with Gasteiger partial charge in [-0.1, -0.05) is 36.7 Å². The minimum Gasteiger partial charge on any atom is -0.350 e. The summed E-state index contributed by atoms with van der Waals surface area (Å²) in [5.41, 5.74) is 4.78. The zero-order valence-corrected chi connectivity index (χ0v) is 23.5. The van der Waals surface area contributed by atoms with E-state index in [4.69, 9.17) is 16.6 Å². The minimum absolute atomic E-state index is 0.195. The molecule has 1 saturated heterocycles. The van der Waals surface area contributed by atoms with Crippen LogP contribution in [0.4, 0.5) is 11.8 Å². The van der Waals surface area contributed by atoms with Crippen molar-refractivity contribution >= 4 is 49.8 Å². The van der Waals surface area contributed by atoms with Gasteiger partial charge in [0.25, 0.3) is 0 Å². The zero-order valence-electron chi connectivity index (χ0n) is 21.9. The monoisotopic (exact) mass is 576 g/mol. The number of benzene rings is 2. The first-order chi connectivity index (χ1) is 19.4. The van der Waals surface area contributed by atoms with Crippen LogP contribution in [0.1, 0.15) is 30.9 Å². The number of anilines is 2. The highest BCUT2D eigenvalue weighted by molar-refractivity contribution is 7.91. The molecule has 1 fully saturated rings. The smallest absolute Gasteiger partial charge is 0.238 e. The molecule has 6 rings (SSSR count). The van der Waals surface area contributed by atoms with Crippen molar-refractivity contribution < 1.29 is 8.42 Å². The van der Waals surface area contributed by atoms with Gasteiger partial charge in [-0.2, -0.15) is 5.10 Å². The Morgan fingerprint density at radius 2 is 2.00 bits per heavy atom. The molecule has 3 N–H and O–H groups in total. The van der Waals surface area contributed by atoms with Gasteiger partial charge in [0.15, 0.2) is 5.82 Å². The van der Waals surface area contributed by atoms with Gasteiger partial charge in [0.2, 0.25) is 16.0 Å². The Bertz CT molecular complexity index is 1800. The maximum Gasteiger partial charge on any atom is 0.238 e. The number of aromatic nitrogens is 5. The van der Waals surface area contributed by atoms with Crippen LogP contribution in [0.25, 0.3) is 27.7 Å². The summed E-state index contributed by atoms with van der Waals surface area (Å²) in [7, 11) is -3.78. The maximum absolute atomic E-state index is 13.0. The molecule has 0 aliphatic carbocycles. The highest BCUT2D eigenvalue weighted by Gasteiger charge is 2.19. The van der Waals surface area contributed by atoms with Crippen LogP contribution in [0.3, 0.4) is 0 Å². The van der Waals surface area contributed by atoms with Crippen LogP contribution >= 0.6 is 11.6 Å². The second kappa shape index (κ2) is 11.0. The predicted molar refractivity (Wildman–Crippen MR) is 158 cm³/mol. The minimum atomic E-state index is -3.78. The van der Waals surface area contributed by atoms with Gasteiger partial charge in [-0.15, -0.1) is 0 Å². The van der Waals surface area contributed by atoms with Gasteiger partial charge in [0.05, 0.1) is 17.0 Å². The molecular formula is C28H29ClN8O2S. The van der Waals surface area contributed by atoms with Crippen molar-refractivity contribution in [3.63, 3.8) is 0 Å². The van der Waals surface area contributed by atoms with Gasteiger partial charge in [0, 0.05) is 34.8 Å². The molecular weight excluding hydrogens is 548 g/mol. The summed E-state index contributed by atoms with van der Waals surface area (Å²) in [5, 5.41) is 12.6. The molecule has 4 heterocycles. The molecule has 0 radical (unpaired) electrons. The SMILES string of the molecule is CCc1cc(-c2ccc3c(NS(=O)(=O)Cc4ccccc4Cl)ncnn23)cc2cnc(N[C@H]3CCCNC3)nc12. The first kappa shape index (κ1) is 26.4. The van der Waals surface area contributed by atoms with Crippen LogP contribution in [-0.4, -0.2) is 52.1 Å². The molecule has 0 amide bonds. The van der Waals surface area contributed by atoms with E-state index in [1.165, 1.54) is 6.33 Å². The van der Waals surface area contributed by atoms with Gasteiger partial charge in [0.1, 0.15) is 11.8 Å². The fourth-order valence-corrected chi connectivity index (χ4v) is 6.57. The van der Waals surface area contributed by atoms with Crippen molar-refractivity contribution in [2.45, 2.75) is 38.0 Å². The second-order valence-electron chi connectivity index (χ2n) is 9.88. The topological polar surface area (TPSA) is 126 Å². The Balaban J connectivity index is 1.31. The molecule has 1 atom stereocenters. The van der Waals surface area contributed by atoms with E-state index in [2.05, 4.69) is 43.4 Å². The number of nitrogens with one attached hydrogen (secondary N) is 3. The first-order valence-electron chi connectivity index (χ1n) is 13.2. The summed E-state index contributed by atoms with van der Waals surface area (Å²) in [6.07, 6.45) is 6.20. The van der Waals surface area contributed by atoms with Crippen LogP contribution in [0, 0.1) is 0 Å². The third-order valence-electron chi connectivity index (χ3n) is 7.08. The number of aryl methyl sites for hydroxylation is 1. The maximum atomic E-state index is 13.0. The van der Waals surface area contributed by atoms with E-state index in [0.717, 1.165) is 60.1 Å². The molecule has 0 bridgehead atoms. The molecule has 40 heavy (non-hydrogen) atoms. The van der Waals surface area contributed by atoms with E-state index in [1.54, 1.807) is 34.8 Å². The summed E-state index contributed by atoms with van der Waals surface area (Å²) in [5.74, 6) is 0.564. The lowest BCUT2D eigenvalue weighted by Crippen LogP contribution is -2.38. The van der Waals surface area contributed by atoms with Gasteiger partial charge >= 0.3 is 0 Å². The van der Waals surface area contributed by atoms with Crippen LogP contribution in [0.5, 0.6) is 0 Å². The lowest BCUT2D eigenvalue weighted by molar-refractivity contribution is 0.478. The van der Waals surface area contributed by atoms with Crippen LogP contribution in [0.15, 0.2) is 61.1 Å². The van der Waals surface area contributed by atoms with Crippen LogP contribution in [-0.2, 0) is 22.2 Å². The summed E-state index contributed by atoms with van der Waals surface area (Å²) in [4.78, 5) is 13.7. The predicted octanol–water partition coefficient (Wildman–Crippen LogP) is 4.66. The molecule has 10 nitrogen and oxygen atoms in total. The van der Waals surface area contributed by atoms with E-state index >= 15 is 0 Å². The normalized spacial score (nSPS) is 15.9. The van der Waals surface area contributed by atoms with Gasteiger partial charge < -0.3 is 10.6 Å². The number of nitrogens with zero attached hydrogens (tertiary/aromatic N) is 5. The van der Waals surface area contributed by atoms with Crippen molar-refractivity contribution in [1.82, 2.24) is 29.9 Å². The van der Waals surface area contributed by atoms with Crippen molar-refractivity contribution in [1.29, 1.82) is 0 Å². The molecule has 206 valence electrons. The van der Waals surface area contributed by atoms with Crippen molar-refractivity contribution in [3.8, 4) is 11.3 Å². The van der Waals surface area contributed by atoms with E-state index in [1.807, 2.05) is 18.3 Å². The van der Waals surface area contributed by atoms with Gasteiger partial charge in [-0.05, 0) is 67.3 Å². The molecule has 0 saturated carbocycles. The lowest BCUT2D eigenvalue weighted by Gasteiger charge is -2.23. The fraction of sp³-hybridized carbons (Fsp3) is 0.286. The zero-order chi connectivity index (χ0) is 27.7. The van der Waals surface area contributed by atoms with E-state index in [9.17, 15) is 8.42 Å². The van der Waals surface area contributed by atoms with Crippen LogP contribution < -0.4 is 15.4 Å². The quantitative estimate of drug-likeness (QED) is 0.243. The number of hydrogen-bond donors (Lipinski definition) is 3. The Morgan fingerprint density at radius 1 is 1.12 bits per heavy atom. The lowest BCUT2D eigenvalue weighted by atomic mass is 10.0. The number of sulfonamides is 1. The fourth-order valence-electron chi connectivity index (χ4n) is 5.10. The molecule has 0 unspecified atom stereocenters. The van der Waals surface area contributed by atoms with Gasteiger partial charge in [-0.25, -0.2) is 27.9 Å². The molecule has 0 spiro atoms. The van der Waals surface area contributed by atoms with Gasteiger partial charge in [-0.3, -0.25) is 4.72 Å². The van der Waals surface area contributed by atoms with Crippen molar-refractivity contribution in [3.05, 3.63) is 77.2 Å². The third-order valence-corrected chi connectivity index (χ3v) is 8.64. The highest BCUT2D eigenvalue weighted by atomic mass is 35.5. The number of rotatable bonds is 8. The van der Waals surface area contributed by atoms with E-state index < -0.39 is 10.0 Å². The Kier molecular flexibility index (Phi) is 7.26. The number of halogens is 1. The summed E-state index contributed by atoms with van der Waals surface area (Å²) in [6, 6.07) is 15.0. The number of piperidine rings is 1. The molecule has 12 heteroatoms. The average Bonchev–Trinajstić information content (AvgIpc) is 3.39. The second-order valence-corrected chi connectivity index (χ2v) is 12.0. The largest absolute Gasteiger partial charge is 0.350 e. The number of hydrogen-bond acceptors (Lipinski definition) is 8. The molecule has 3 aromatic heterocycles. The third kappa shape index (κ3) is 5.45. The average molecular weight is 577 g/mol. The Labute approximate surface area is 237 Å². The number of fused-ring (bicyclic) bond motifs is 2. The highest BCUT2D eigenvalue weighted by Crippen LogP contribution is 2.30. The van der Waals surface area contributed by atoms with Crippen molar-refractivity contribution in [2.75, 3.05) is 23.1 Å².